The van der Waals surface area contributed by atoms with Crippen molar-refractivity contribution in [2.24, 2.45) is 11.1 Å². The highest BCUT2D eigenvalue weighted by Gasteiger charge is 2.21. The van der Waals surface area contributed by atoms with Crippen molar-refractivity contribution in [1.82, 2.24) is 4.90 Å². The zero-order valence-corrected chi connectivity index (χ0v) is 14.4. The Balaban J connectivity index is 2.56. The molecule has 2 N–H and O–H groups in total. The van der Waals surface area contributed by atoms with Gasteiger partial charge in [-0.1, -0.05) is 33.6 Å². The zero-order chi connectivity index (χ0) is 16.6. The van der Waals surface area contributed by atoms with Crippen LogP contribution < -0.4 is 10.5 Å². The predicted octanol–water partition coefficient (Wildman–Crippen LogP) is 3.31. The zero-order valence-electron chi connectivity index (χ0n) is 14.4. The van der Waals surface area contributed by atoms with Gasteiger partial charge in [0.15, 0.2) is 0 Å². The van der Waals surface area contributed by atoms with Crippen molar-refractivity contribution in [3.63, 3.8) is 0 Å². The van der Waals surface area contributed by atoms with Gasteiger partial charge in [-0.25, -0.2) is 0 Å². The van der Waals surface area contributed by atoms with E-state index in [0.29, 0.717) is 18.7 Å². The third kappa shape index (κ3) is 6.06. The fraction of sp³-hybridized carbons (Fsp3) is 0.611. The smallest absolute Gasteiger partial charge is 0.253 e. The highest BCUT2D eigenvalue weighted by Crippen LogP contribution is 2.17. The molecular formula is C18H30N2O2. The molecule has 0 radical (unpaired) electrons. The first-order chi connectivity index (χ1) is 10.4. The summed E-state index contributed by atoms with van der Waals surface area (Å²) in [5.74, 6) is 0.830. The molecule has 0 bridgehead atoms. The van der Waals surface area contributed by atoms with E-state index in [-0.39, 0.29) is 11.3 Å². The van der Waals surface area contributed by atoms with Gasteiger partial charge in [-0.3, -0.25) is 4.79 Å². The lowest BCUT2D eigenvalue weighted by Crippen LogP contribution is -2.39. The maximum Gasteiger partial charge on any atom is 0.253 e. The second kappa shape index (κ2) is 8.79. The monoisotopic (exact) mass is 306 g/mol. The van der Waals surface area contributed by atoms with E-state index in [0.717, 1.165) is 18.8 Å². The van der Waals surface area contributed by atoms with Crippen molar-refractivity contribution in [2.75, 3.05) is 26.7 Å². The molecule has 0 spiro atoms. The fourth-order valence-corrected chi connectivity index (χ4v) is 2.23. The van der Waals surface area contributed by atoms with Crippen molar-refractivity contribution in [3.8, 4) is 5.75 Å². The van der Waals surface area contributed by atoms with E-state index in [1.807, 2.05) is 31.3 Å². The third-order valence-corrected chi connectivity index (χ3v) is 3.68. The lowest BCUT2D eigenvalue weighted by molar-refractivity contribution is 0.0740. The van der Waals surface area contributed by atoms with Crippen molar-refractivity contribution >= 4 is 5.91 Å². The Morgan fingerprint density at radius 1 is 1.23 bits per heavy atom. The summed E-state index contributed by atoms with van der Waals surface area (Å²) < 4.78 is 5.66. The van der Waals surface area contributed by atoms with Gasteiger partial charge in [0.25, 0.3) is 5.91 Å². The van der Waals surface area contributed by atoms with Crippen molar-refractivity contribution in [2.45, 2.75) is 40.0 Å². The Morgan fingerprint density at radius 2 is 1.86 bits per heavy atom. The van der Waals surface area contributed by atoms with Gasteiger partial charge >= 0.3 is 0 Å². The minimum Gasteiger partial charge on any atom is -0.494 e. The van der Waals surface area contributed by atoms with Gasteiger partial charge < -0.3 is 15.4 Å². The Bertz CT molecular complexity index is 455. The van der Waals surface area contributed by atoms with Gasteiger partial charge in [0.2, 0.25) is 0 Å². The van der Waals surface area contributed by atoms with Gasteiger partial charge in [-0.2, -0.15) is 0 Å². The summed E-state index contributed by atoms with van der Waals surface area (Å²) in [6.07, 6.45) is 3.43. The number of hydrogen-bond acceptors (Lipinski definition) is 3. The molecule has 4 nitrogen and oxygen atoms in total. The van der Waals surface area contributed by atoms with Crippen LogP contribution in [0.5, 0.6) is 5.75 Å². The normalized spacial score (nSPS) is 11.3. The van der Waals surface area contributed by atoms with Gasteiger partial charge in [-0.05, 0) is 42.6 Å². The highest BCUT2D eigenvalue weighted by molar-refractivity contribution is 5.94. The van der Waals surface area contributed by atoms with Crippen LogP contribution in [0.1, 0.15) is 50.4 Å². The van der Waals surface area contributed by atoms with Crippen LogP contribution in [0.15, 0.2) is 24.3 Å². The van der Waals surface area contributed by atoms with Crippen LogP contribution in [0.3, 0.4) is 0 Å². The topological polar surface area (TPSA) is 55.6 Å². The number of unbranched alkanes of at least 4 members (excludes halogenated alkanes) is 2. The molecule has 1 amide bonds. The Kier molecular flexibility index (Phi) is 7.39. The lowest BCUT2D eigenvalue weighted by Gasteiger charge is -2.29. The van der Waals surface area contributed by atoms with E-state index in [9.17, 15) is 4.79 Å². The molecule has 0 fully saturated rings. The standard InChI is InChI=1S/C18H30N2O2/c1-5-6-7-12-22-16-10-8-15(9-11-16)17(21)20(4)14-18(2,3)13-19/h8-11H,5-7,12-14,19H2,1-4H3. The molecule has 0 saturated carbocycles. The van der Waals surface area contributed by atoms with Crippen LogP contribution >= 0.6 is 0 Å². The van der Waals surface area contributed by atoms with E-state index < -0.39 is 0 Å². The van der Waals surface area contributed by atoms with Crippen molar-refractivity contribution in [1.29, 1.82) is 0 Å². The van der Waals surface area contributed by atoms with Crippen LogP contribution in [0.4, 0.5) is 0 Å². The summed E-state index contributed by atoms with van der Waals surface area (Å²) in [6.45, 7) is 8.20. The number of amides is 1. The van der Waals surface area contributed by atoms with Crippen LogP contribution in [0, 0.1) is 5.41 Å². The van der Waals surface area contributed by atoms with Gasteiger partial charge in [0.1, 0.15) is 5.75 Å². The number of ether oxygens (including phenoxy) is 1. The molecule has 0 aliphatic heterocycles. The molecule has 0 heterocycles. The molecule has 0 saturated heterocycles. The molecule has 1 rings (SSSR count). The minimum absolute atomic E-state index is 0.0130. The van der Waals surface area contributed by atoms with E-state index in [1.165, 1.54) is 12.8 Å². The molecule has 124 valence electrons. The minimum atomic E-state index is -0.0766. The summed E-state index contributed by atoms with van der Waals surface area (Å²) in [7, 11) is 1.81. The van der Waals surface area contributed by atoms with Crippen molar-refractivity contribution < 1.29 is 9.53 Å². The van der Waals surface area contributed by atoms with Crippen LogP contribution in [0.25, 0.3) is 0 Å². The molecule has 0 aromatic heterocycles. The van der Waals surface area contributed by atoms with E-state index in [1.54, 1.807) is 4.90 Å². The van der Waals surface area contributed by atoms with Crippen LogP contribution in [0.2, 0.25) is 0 Å². The van der Waals surface area contributed by atoms with E-state index in [4.69, 9.17) is 10.5 Å². The molecule has 4 heteroatoms. The summed E-state index contributed by atoms with van der Waals surface area (Å²) in [6, 6.07) is 7.37. The maximum atomic E-state index is 12.4. The average Bonchev–Trinajstić information content (AvgIpc) is 2.51. The largest absolute Gasteiger partial charge is 0.494 e. The number of nitrogens with two attached hydrogens (primary N) is 1. The number of nitrogens with zero attached hydrogens (tertiary/aromatic N) is 1. The first-order valence-corrected chi connectivity index (χ1v) is 8.08. The molecule has 0 unspecified atom stereocenters. The second-order valence-electron chi connectivity index (χ2n) is 6.61. The summed E-state index contributed by atoms with van der Waals surface area (Å²) in [4.78, 5) is 14.1. The Labute approximate surface area is 134 Å². The van der Waals surface area contributed by atoms with Gasteiger partial charge in [0, 0.05) is 19.2 Å². The number of hydrogen-bond donors (Lipinski definition) is 1. The third-order valence-electron chi connectivity index (χ3n) is 3.68. The maximum absolute atomic E-state index is 12.4. The number of rotatable bonds is 9. The lowest BCUT2D eigenvalue weighted by atomic mass is 9.93. The fourth-order valence-electron chi connectivity index (χ4n) is 2.23. The number of benzene rings is 1. The molecule has 1 aromatic carbocycles. The number of carbonyl (C=O) groups excluding carboxylic acids is 1. The quantitative estimate of drug-likeness (QED) is 0.712. The van der Waals surface area contributed by atoms with E-state index in [2.05, 4.69) is 20.8 Å². The summed E-state index contributed by atoms with van der Waals surface area (Å²) >= 11 is 0. The molecular weight excluding hydrogens is 276 g/mol. The van der Waals surface area contributed by atoms with Crippen LogP contribution in [-0.2, 0) is 0 Å². The molecule has 0 aliphatic carbocycles. The first-order valence-electron chi connectivity index (χ1n) is 8.08. The Morgan fingerprint density at radius 3 is 2.41 bits per heavy atom. The highest BCUT2D eigenvalue weighted by atomic mass is 16.5. The molecule has 0 atom stereocenters. The molecule has 1 aromatic rings. The van der Waals surface area contributed by atoms with Crippen LogP contribution in [-0.4, -0.2) is 37.6 Å². The summed E-state index contributed by atoms with van der Waals surface area (Å²) in [5, 5.41) is 0. The second-order valence-corrected chi connectivity index (χ2v) is 6.61. The summed E-state index contributed by atoms with van der Waals surface area (Å²) in [5.41, 5.74) is 6.33. The molecule has 22 heavy (non-hydrogen) atoms. The average molecular weight is 306 g/mol. The SMILES string of the molecule is CCCCCOc1ccc(C(=O)N(C)CC(C)(C)CN)cc1. The molecule has 0 aliphatic rings. The van der Waals surface area contributed by atoms with Gasteiger partial charge in [0.05, 0.1) is 6.61 Å². The van der Waals surface area contributed by atoms with Crippen molar-refractivity contribution in [3.05, 3.63) is 29.8 Å². The Hall–Kier alpha value is -1.55. The van der Waals surface area contributed by atoms with Gasteiger partial charge in [-0.15, -0.1) is 0 Å². The van der Waals surface area contributed by atoms with E-state index >= 15 is 0 Å². The first kappa shape index (κ1) is 18.5. The number of carbonyl (C=O) groups is 1. The predicted molar refractivity (Wildman–Crippen MR) is 91.3 cm³/mol.